The second kappa shape index (κ2) is 7.49. The molecular weight excluding hydrogens is 400 g/mol. The third kappa shape index (κ3) is 4.04. The molecule has 0 aliphatic carbocycles. The van der Waals surface area contributed by atoms with Gasteiger partial charge in [0, 0.05) is 43.5 Å². The van der Waals surface area contributed by atoms with E-state index in [2.05, 4.69) is 14.8 Å². The normalized spacial score (nSPS) is 16.9. The Morgan fingerprint density at radius 2 is 1.31 bits per heavy atom. The number of benzene rings is 1. The maximum Gasteiger partial charge on any atom is 0.430 e. The number of hydrogen-bond acceptors (Lipinski definition) is 4. The third-order valence-electron chi connectivity index (χ3n) is 5.03. The molecule has 3 rings (SSSR count). The van der Waals surface area contributed by atoms with Crippen molar-refractivity contribution in [2.45, 2.75) is 18.0 Å². The van der Waals surface area contributed by atoms with Crippen molar-refractivity contribution in [3.05, 3.63) is 48.2 Å². The lowest BCUT2D eigenvalue weighted by Gasteiger charge is -2.33. The number of halogens is 6. The van der Waals surface area contributed by atoms with Gasteiger partial charge in [0.1, 0.15) is 5.82 Å². The first kappa shape index (κ1) is 21.4. The molecule has 1 saturated heterocycles. The topological polar surface area (TPSA) is 39.6 Å². The number of anilines is 1. The van der Waals surface area contributed by atoms with E-state index in [1.807, 2.05) is 7.05 Å². The minimum atomic E-state index is -5.90. The van der Waals surface area contributed by atoms with Gasteiger partial charge in [0.25, 0.3) is 5.60 Å². The molecule has 2 aromatic rings. The molecule has 0 saturated carbocycles. The number of hydrogen-bond donors (Lipinski definition) is 1. The van der Waals surface area contributed by atoms with E-state index < -0.39 is 23.5 Å². The molecule has 1 N–H and O–H groups in total. The molecule has 29 heavy (non-hydrogen) atoms. The van der Waals surface area contributed by atoms with Crippen molar-refractivity contribution in [2.24, 2.45) is 0 Å². The average molecular weight is 419 g/mol. The molecule has 1 aliphatic heterocycles. The summed E-state index contributed by atoms with van der Waals surface area (Å²) in [7, 11) is 2.02. The van der Waals surface area contributed by atoms with Crippen LogP contribution in [0.4, 0.5) is 32.2 Å². The number of rotatable bonds is 3. The first-order chi connectivity index (χ1) is 13.4. The predicted molar refractivity (Wildman–Crippen MR) is 95.4 cm³/mol. The molecule has 1 aromatic carbocycles. The van der Waals surface area contributed by atoms with Crippen molar-refractivity contribution in [1.29, 1.82) is 0 Å². The van der Waals surface area contributed by atoms with Gasteiger partial charge in [-0.25, -0.2) is 4.98 Å². The quantitative estimate of drug-likeness (QED) is 0.769. The van der Waals surface area contributed by atoms with E-state index in [9.17, 15) is 31.4 Å². The van der Waals surface area contributed by atoms with Crippen LogP contribution < -0.4 is 4.90 Å². The Morgan fingerprint density at radius 3 is 1.76 bits per heavy atom. The van der Waals surface area contributed by atoms with E-state index in [0.717, 1.165) is 44.1 Å². The fraction of sp³-hybridized carbons (Fsp3) is 0.421. The Hall–Kier alpha value is -2.33. The number of nitrogens with zero attached hydrogens (tertiary/aromatic N) is 3. The molecule has 1 aliphatic rings. The van der Waals surface area contributed by atoms with Crippen LogP contribution in [0, 0.1) is 0 Å². The van der Waals surface area contributed by atoms with Crippen LogP contribution in [-0.2, 0) is 5.60 Å². The van der Waals surface area contributed by atoms with E-state index in [-0.39, 0.29) is 0 Å². The van der Waals surface area contributed by atoms with Crippen LogP contribution >= 0.6 is 0 Å². The van der Waals surface area contributed by atoms with Crippen LogP contribution in [0.5, 0.6) is 0 Å². The molecule has 0 spiro atoms. The summed E-state index contributed by atoms with van der Waals surface area (Å²) in [5, 5.41) is 9.45. The average Bonchev–Trinajstić information content (AvgIpc) is 2.66. The van der Waals surface area contributed by atoms with Gasteiger partial charge >= 0.3 is 12.4 Å². The van der Waals surface area contributed by atoms with E-state index in [4.69, 9.17) is 0 Å². The summed E-state index contributed by atoms with van der Waals surface area (Å²) in [5.41, 5.74) is -5.29. The van der Waals surface area contributed by atoms with Crippen LogP contribution in [0.2, 0.25) is 0 Å². The van der Waals surface area contributed by atoms with Crippen LogP contribution in [0.1, 0.15) is 5.56 Å². The number of piperazine rings is 1. The van der Waals surface area contributed by atoms with Gasteiger partial charge in [-0.05, 0) is 24.7 Å². The highest BCUT2D eigenvalue weighted by atomic mass is 19.4. The summed E-state index contributed by atoms with van der Waals surface area (Å²) < 4.78 is 77.8. The maximum absolute atomic E-state index is 13.0. The zero-order chi connectivity index (χ0) is 21.4. The van der Waals surface area contributed by atoms with E-state index in [1.54, 1.807) is 12.1 Å². The number of pyridine rings is 1. The first-order valence-corrected chi connectivity index (χ1v) is 8.80. The lowest BCUT2D eigenvalue weighted by atomic mass is 9.91. The van der Waals surface area contributed by atoms with Gasteiger partial charge in [-0.2, -0.15) is 26.3 Å². The second-order valence-corrected chi connectivity index (χ2v) is 6.98. The van der Waals surface area contributed by atoms with Gasteiger partial charge in [0.05, 0.1) is 0 Å². The van der Waals surface area contributed by atoms with Gasteiger partial charge in [-0.3, -0.25) is 0 Å². The third-order valence-corrected chi connectivity index (χ3v) is 5.03. The van der Waals surface area contributed by atoms with Gasteiger partial charge < -0.3 is 14.9 Å². The Morgan fingerprint density at radius 1 is 0.793 bits per heavy atom. The standard InChI is InChI=1S/C19H19F6N3O/c1-27-8-10-28(11-9-27)16-7-4-14(12-26-16)13-2-5-15(6-3-13)17(29,18(20,21)22)19(23,24)25/h2-7,12,29H,8-11H2,1H3. The summed E-state index contributed by atoms with van der Waals surface area (Å²) in [6, 6.07) is 6.93. The lowest BCUT2D eigenvalue weighted by molar-refractivity contribution is -0.376. The molecule has 1 fully saturated rings. The Bertz CT molecular complexity index is 811. The highest BCUT2D eigenvalue weighted by molar-refractivity contribution is 5.64. The summed E-state index contributed by atoms with van der Waals surface area (Å²) in [6.45, 7) is 3.41. The SMILES string of the molecule is CN1CCN(c2ccc(-c3ccc(C(O)(C(F)(F)F)C(F)(F)F)cc3)cn2)CC1. The minimum Gasteiger partial charge on any atom is -0.369 e. The molecule has 0 unspecified atom stereocenters. The molecule has 158 valence electrons. The zero-order valence-electron chi connectivity index (χ0n) is 15.4. The molecule has 0 radical (unpaired) electrons. The Balaban J connectivity index is 1.83. The smallest absolute Gasteiger partial charge is 0.369 e. The summed E-state index contributed by atoms with van der Waals surface area (Å²) >= 11 is 0. The maximum atomic E-state index is 13.0. The van der Waals surface area contributed by atoms with Crippen molar-refractivity contribution in [2.75, 3.05) is 38.1 Å². The van der Waals surface area contributed by atoms with Crippen LogP contribution in [0.15, 0.2) is 42.6 Å². The van der Waals surface area contributed by atoms with Gasteiger partial charge in [-0.15, -0.1) is 0 Å². The number of alkyl halides is 6. The fourth-order valence-electron chi connectivity index (χ4n) is 3.17. The summed E-state index contributed by atoms with van der Waals surface area (Å²) in [6.07, 6.45) is -10.3. The molecular formula is C19H19F6N3O. The Kier molecular flexibility index (Phi) is 5.52. The van der Waals surface area contributed by atoms with Crippen molar-refractivity contribution >= 4 is 5.82 Å². The van der Waals surface area contributed by atoms with Crippen LogP contribution in [0.25, 0.3) is 11.1 Å². The largest absolute Gasteiger partial charge is 0.430 e. The first-order valence-electron chi connectivity index (χ1n) is 8.80. The monoisotopic (exact) mass is 419 g/mol. The van der Waals surface area contributed by atoms with Crippen LogP contribution in [0.3, 0.4) is 0 Å². The van der Waals surface area contributed by atoms with Crippen molar-refractivity contribution in [1.82, 2.24) is 9.88 Å². The molecule has 10 heteroatoms. The van der Waals surface area contributed by atoms with Gasteiger partial charge in [0.2, 0.25) is 0 Å². The molecule has 0 atom stereocenters. The van der Waals surface area contributed by atoms with E-state index in [1.165, 1.54) is 6.20 Å². The molecule has 4 nitrogen and oxygen atoms in total. The van der Waals surface area contributed by atoms with Gasteiger partial charge in [-0.1, -0.05) is 24.3 Å². The van der Waals surface area contributed by atoms with Crippen molar-refractivity contribution in [3.63, 3.8) is 0 Å². The highest BCUT2D eigenvalue weighted by Gasteiger charge is 2.71. The van der Waals surface area contributed by atoms with Crippen molar-refractivity contribution in [3.8, 4) is 11.1 Å². The van der Waals surface area contributed by atoms with Crippen LogP contribution in [-0.4, -0.2) is 60.6 Å². The second-order valence-electron chi connectivity index (χ2n) is 6.98. The Labute approximate surface area is 163 Å². The minimum absolute atomic E-state index is 0.387. The highest BCUT2D eigenvalue weighted by Crippen LogP contribution is 2.50. The summed E-state index contributed by atoms with van der Waals surface area (Å²) in [5.74, 6) is 0.752. The van der Waals surface area contributed by atoms with Crippen molar-refractivity contribution < 1.29 is 31.4 Å². The lowest BCUT2D eigenvalue weighted by Crippen LogP contribution is -2.53. The van der Waals surface area contributed by atoms with E-state index >= 15 is 0 Å². The molecule has 0 bridgehead atoms. The number of likely N-dealkylation sites (N-methyl/N-ethyl adjacent to an activating group) is 1. The zero-order valence-corrected chi connectivity index (χ0v) is 15.4. The predicted octanol–water partition coefficient (Wildman–Crippen LogP) is 3.81. The molecule has 0 amide bonds. The van der Waals surface area contributed by atoms with E-state index in [0.29, 0.717) is 23.3 Å². The fourth-order valence-corrected chi connectivity index (χ4v) is 3.17. The molecule has 2 heterocycles. The number of aliphatic hydroxyl groups is 1. The molecule has 1 aromatic heterocycles. The number of aromatic nitrogens is 1. The summed E-state index contributed by atoms with van der Waals surface area (Å²) in [4.78, 5) is 8.64. The van der Waals surface area contributed by atoms with Gasteiger partial charge in [0.15, 0.2) is 0 Å².